The molecule has 5 nitrogen and oxygen atoms in total. The van der Waals surface area contributed by atoms with Gasteiger partial charge in [0.25, 0.3) is 0 Å². The summed E-state index contributed by atoms with van der Waals surface area (Å²) in [4.78, 5) is 3.00. The fourth-order valence-electron chi connectivity index (χ4n) is 2.82. The van der Waals surface area contributed by atoms with Crippen LogP contribution in [0.5, 0.6) is 0 Å². The zero-order chi connectivity index (χ0) is 16.8. The van der Waals surface area contributed by atoms with Crippen LogP contribution in [0.25, 0.3) is 15.7 Å². The predicted molar refractivity (Wildman–Crippen MR) is 78.6 cm³/mol. The summed E-state index contributed by atoms with van der Waals surface area (Å²) in [5, 5.41) is 11.6. The molecule has 0 amide bonds. The number of aromatic nitrogens is 1. The van der Waals surface area contributed by atoms with Crippen molar-refractivity contribution in [2.75, 3.05) is 0 Å². The molecular weight excluding hydrogens is 309 g/mol. The van der Waals surface area contributed by atoms with Gasteiger partial charge in [-0.3, -0.25) is 0 Å². The fraction of sp³-hybridized carbons (Fsp3) is 0.333. The molecule has 23 heavy (non-hydrogen) atoms. The second-order valence-electron chi connectivity index (χ2n) is 5.52. The van der Waals surface area contributed by atoms with Gasteiger partial charge in [-0.15, -0.1) is 0 Å². The Balaban J connectivity index is 2.31. The lowest BCUT2D eigenvalue weighted by Gasteiger charge is -2.12. The van der Waals surface area contributed by atoms with Crippen molar-refractivity contribution in [2.45, 2.75) is 31.5 Å². The molecular formula is C15H13F3N4O. The minimum Gasteiger partial charge on any atom is -0.409 e. The number of rotatable bonds is 3. The van der Waals surface area contributed by atoms with Crippen LogP contribution in [0.3, 0.4) is 0 Å². The predicted octanol–water partition coefficient (Wildman–Crippen LogP) is 3.83. The van der Waals surface area contributed by atoms with Crippen molar-refractivity contribution in [2.24, 2.45) is 10.9 Å². The summed E-state index contributed by atoms with van der Waals surface area (Å²) in [6, 6.07) is 4.13. The largest absolute Gasteiger partial charge is 0.409 e. The van der Waals surface area contributed by atoms with Gasteiger partial charge < -0.3 is 15.5 Å². The molecule has 1 fully saturated rings. The van der Waals surface area contributed by atoms with Crippen LogP contribution in [-0.2, 0) is 12.7 Å². The molecule has 0 bridgehead atoms. The third-order valence-electron chi connectivity index (χ3n) is 3.94. The van der Waals surface area contributed by atoms with E-state index >= 15 is 0 Å². The van der Waals surface area contributed by atoms with Crippen molar-refractivity contribution in [3.05, 3.63) is 40.9 Å². The number of amidine groups is 1. The van der Waals surface area contributed by atoms with Crippen LogP contribution >= 0.6 is 0 Å². The molecule has 0 unspecified atom stereocenters. The SMILES string of the molecule is [C-]#[N+]c1ccc2c(cc(C3CC3)n2CC(N)=NO)c1C(F)(F)F. The van der Waals surface area contributed by atoms with Crippen LogP contribution in [0.15, 0.2) is 23.4 Å². The second kappa shape index (κ2) is 5.19. The van der Waals surface area contributed by atoms with E-state index in [9.17, 15) is 13.2 Å². The standard InChI is InChI=1S/C15H13F3N4O/c1-20-10-4-5-11-9(14(10)15(16,17)18)6-12(8-2-3-8)22(11)7-13(19)21-23/h4-6,8,23H,2-3,7H2,(H2,19,21). The summed E-state index contributed by atoms with van der Waals surface area (Å²) in [6.07, 6.45) is -2.84. The summed E-state index contributed by atoms with van der Waals surface area (Å²) < 4.78 is 41.9. The highest BCUT2D eigenvalue weighted by Gasteiger charge is 2.37. The second-order valence-corrected chi connectivity index (χ2v) is 5.52. The number of oxime groups is 1. The summed E-state index contributed by atoms with van der Waals surface area (Å²) in [5.41, 5.74) is 5.24. The van der Waals surface area contributed by atoms with Gasteiger partial charge >= 0.3 is 6.18 Å². The number of hydrogen-bond acceptors (Lipinski definition) is 2. The van der Waals surface area contributed by atoms with Gasteiger partial charge in [0, 0.05) is 16.6 Å². The first-order valence-corrected chi connectivity index (χ1v) is 6.94. The first-order valence-electron chi connectivity index (χ1n) is 6.94. The third kappa shape index (κ3) is 2.59. The van der Waals surface area contributed by atoms with Crippen molar-refractivity contribution >= 4 is 22.4 Å². The van der Waals surface area contributed by atoms with Crippen molar-refractivity contribution in [3.63, 3.8) is 0 Å². The van der Waals surface area contributed by atoms with E-state index in [2.05, 4.69) is 10.0 Å². The number of nitrogens with two attached hydrogens (primary N) is 1. The van der Waals surface area contributed by atoms with E-state index in [1.165, 1.54) is 12.1 Å². The van der Waals surface area contributed by atoms with Gasteiger partial charge in [-0.05, 0) is 30.9 Å². The Morgan fingerprint density at radius 2 is 2.13 bits per heavy atom. The maximum absolute atomic E-state index is 13.4. The van der Waals surface area contributed by atoms with Crippen LogP contribution in [-0.4, -0.2) is 15.6 Å². The van der Waals surface area contributed by atoms with Gasteiger partial charge in [0.1, 0.15) is 0 Å². The number of alkyl halides is 3. The average Bonchev–Trinajstić information content (AvgIpc) is 3.28. The Morgan fingerprint density at radius 1 is 1.43 bits per heavy atom. The molecule has 0 aliphatic heterocycles. The van der Waals surface area contributed by atoms with Gasteiger partial charge in [-0.25, -0.2) is 4.85 Å². The van der Waals surface area contributed by atoms with E-state index in [0.717, 1.165) is 24.6 Å². The Bertz CT molecular complexity index is 841. The highest BCUT2D eigenvalue weighted by atomic mass is 19.4. The highest BCUT2D eigenvalue weighted by molar-refractivity contribution is 5.92. The van der Waals surface area contributed by atoms with Crippen molar-refractivity contribution in [1.29, 1.82) is 0 Å². The zero-order valence-electron chi connectivity index (χ0n) is 11.9. The number of hydrogen-bond donors (Lipinski definition) is 2. The lowest BCUT2D eigenvalue weighted by atomic mass is 10.1. The normalized spacial score (nSPS) is 15.8. The minimum absolute atomic E-state index is 0.000491. The topological polar surface area (TPSA) is 67.9 Å². The third-order valence-corrected chi connectivity index (χ3v) is 3.94. The van der Waals surface area contributed by atoms with Crippen molar-refractivity contribution < 1.29 is 18.4 Å². The molecule has 0 atom stereocenters. The maximum Gasteiger partial charge on any atom is 0.408 e. The molecule has 2 aromatic rings. The van der Waals surface area contributed by atoms with E-state index in [0.29, 0.717) is 5.52 Å². The number of halogens is 3. The minimum atomic E-state index is -4.62. The first-order chi connectivity index (χ1) is 10.9. The molecule has 0 radical (unpaired) electrons. The number of benzene rings is 1. The lowest BCUT2D eigenvalue weighted by Crippen LogP contribution is -2.20. The Kier molecular flexibility index (Phi) is 3.43. The Labute approximate surface area is 129 Å². The molecule has 1 aliphatic carbocycles. The first kappa shape index (κ1) is 15.2. The summed E-state index contributed by atoms with van der Waals surface area (Å²) in [7, 11) is 0. The molecule has 1 aliphatic rings. The summed E-state index contributed by atoms with van der Waals surface area (Å²) in [6.45, 7) is 6.99. The molecule has 120 valence electrons. The average molecular weight is 322 g/mol. The van der Waals surface area contributed by atoms with Gasteiger partial charge in [0.05, 0.1) is 18.7 Å². The molecule has 8 heteroatoms. The maximum atomic E-state index is 13.4. The van der Waals surface area contributed by atoms with Crippen LogP contribution in [0, 0.1) is 6.57 Å². The number of fused-ring (bicyclic) bond motifs is 1. The molecule has 3 N–H and O–H groups in total. The summed E-state index contributed by atoms with van der Waals surface area (Å²) >= 11 is 0. The Morgan fingerprint density at radius 3 is 2.65 bits per heavy atom. The van der Waals surface area contributed by atoms with E-state index in [4.69, 9.17) is 17.5 Å². The van der Waals surface area contributed by atoms with E-state index in [1.807, 2.05) is 0 Å². The quantitative estimate of drug-likeness (QED) is 0.296. The molecule has 0 spiro atoms. The van der Waals surface area contributed by atoms with Crippen LogP contribution in [0.1, 0.15) is 30.0 Å². The van der Waals surface area contributed by atoms with Gasteiger partial charge in [0.2, 0.25) is 0 Å². The highest BCUT2D eigenvalue weighted by Crippen LogP contribution is 2.46. The summed E-state index contributed by atoms with van der Waals surface area (Å²) in [5.74, 6) is 0.0820. The molecule has 3 rings (SSSR count). The van der Waals surface area contributed by atoms with Gasteiger partial charge in [-0.1, -0.05) is 11.2 Å². The van der Waals surface area contributed by atoms with Gasteiger partial charge in [-0.2, -0.15) is 13.2 Å². The molecule has 1 aromatic heterocycles. The molecule has 1 saturated carbocycles. The van der Waals surface area contributed by atoms with E-state index in [-0.39, 0.29) is 23.7 Å². The molecule has 1 aromatic carbocycles. The van der Waals surface area contributed by atoms with Crippen LogP contribution in [0.2, 0.25) is 0 Å². The van der Waals surface area contributed by atoms with Crippen molar-refractivity contribution in [1.82, 2.24) is 4.57 Å². The van der Waals surface area contributed by atoms with Crippen LogP contribution < -0.4 is 5.73 Å². The van der Waals surface area contributed by atoms with Crippen molar-refractivity contribution in [3.8, 4) is 0 Å². The smallest absolute Gasteiger partial charge is 0.408 e. The monoisotopic (exact) mass is 322 g/mol. The van der Waals surface area contributed by atoms with Gasteiger partial charge in [0.15, 0.2) is 11.5 Å². The molecule has 0 saturated heterocycles. The molecule has 1 heterocycles. The van der Waals surface area contributed by atoms with E-state index in [1.54, 1.807) is 4.57 Å². The van der Waals surface area contributed by atoms with E-state index < -0.39 is 17.4 Å². The lowest BCUT2D eigenvalue weighted by molar-refractivity contribution is -0.135. The van der Waals surface area contributed by atoms with Crippen LogP contribution in [0.4, 0.5) is 18.9 Å². The zero-order valence-corrected chi connectivity index (χ0v) is 11.9. The fourth-order valence-corrected chi connectivity index (χ4v) is 2.82. The number of nitrogens with zero attached hydrogens (tertiary/aromatic N) is 3. The Hall–Kier alpha value is -2.69.